The minimum absolute atomic E-state index is 0.215. The third-order valence-electron chi connectivity index (χ3n) is 3.63. The maximum Gasteiger partial charge on any atom is 0.318 e. The Kier molecular flexibility index (Phi) is 5.11. The fraction of sp³-hybridized carbons (Fsp3) is 0.167. The van der Waals surface area contributed by atoms with Crippen molar-refractivity contribution < 1.29 is 9.53 Å². The summed E-state index contributed by atoms with van der Waals surface area (Å²) in [6.07, 6.45) is 0. The number of benzene rings is 2. The van der Waals surface area contributed by atoms with Gasteiger partial charge < -0.3 is 4.74 Å². The number of nitrogens with zero attached hydrogens (tertiary/aromatic N) is 2. The molecular formula is C18H15ClN2O3S. The molecule has 0 aliphatic rings. The molecule has 0 bridgehead atoms. The Morgan fingerprint density at radius 3 is 2.72 bits per heavy atom. The molecule has 0 amide bonds. The first-order valence-corrected chi connectivity index (χ1v) is 8.79. The summed E-state index contributed by atoms with van der Waals surface area (Å²) in [5, 5.41) is 0.902. The van der Waals surface area contributed by atoms with E-state index in [4.69, 9.17) is 16.3 Å². The zero-order valence-corrected chi connectivity index (χ0v) is 15.2. The molecule has 1 unspecified atom stereocenters. The van der Waals surface area contributed by atoms with Gasteiger partial charge in [-0.2, -0.15) is 0 Å². The largest absolute Gasteiger partial charge is 0.468 e. The van der Waals surface area contributed by atoms with Crippen molar-refractivity contribution in [3.63, 3.8) is 0 Å². The third kappa shape index (κ3) is 3.55. The predicted octanol–water partition coefficient (Wildman–Crippen LogP) is 3.69. The highest BCUT2D eigenvalue weighted by Gasteiger charge is 2.20. The lowest BCUT2D eigenvalue weighted by Gasteiger charge is -2.15. The van der Waals surface area contributed by atoms with E-state index in [0.29, 0.717) is 26.8 Å². The van der Waals surface area contributed by atoms with E-state index in [1.165, 1.54) is 23.4 Å². The van der Waals surface area contributed by atoms with Crippen LogP contribution in [0.5, 0.6) is 0 Å². The lowest BCUT2D eigenvalue weighted by Crippen LogP contribution is -2.24. The smallest absolute Gasteiger partial charge is 0.318 e. The fourth-order valence-corrected chi connectivity index (χ4v) is 3.54. The van der Waals surface area contributed by atoms with E-state index in [9.17, 15) is 9.59 Å². The highest BCUT2D eigenvalue weighted by molar-refractivity contribution is 8.00. The minimum Gasteiger partial charge on any atom is -0.468 e. The summed E-state index contributed by atoms with van der Waals surface area (Å²) < 4.78 is 6.24. The first-order chi connectivity index (χ1) is 12.0. The van der Waals surface area contributed by atoms with Crippen LogP contribution in [-0.4, -0.2) is 27.9 Å². The lowest BCUT2D eigenvalue weighted by atomic mass is 10.2. The Labute approximate surface area is 153 Å². The highest BCUT2D eigenvalue weighted by atomic mass is 35.5. The van der Waals surface area contributed by atoms with Gasteiger partial charge in [-0.15, -0.1) is 0 Å². The van der Waals surface area contributed by atoms with Gasteiger partial charge in [-0.05, 0) is 37.3 Å². The molecular weight excluding hydrogens is 360 g/mol. The molecule has 7 heteroatoms. The molecule has 0 radical (unpaired) electrons. The van der Waals surface area contributed by atoms with Gasteiger partial charge >= 0.3 is 5.97 Å². The fourth-order valence-electron chi connectivity index (χ4n) is 2.41. The molecule has 0 N–H and O–H groups in total. The number of rotatable bonds is 4. The number of fused-ring (bicyclic) bond motifs is 1. The highest BCUT2D eigenvalue weighted by Crippen LogP contribution is 2.26. The molecule has 0 aliphatic carbocycles. The van der Waals surface area contributed by atoms with Crippen LogP contribution in [0, 0.1) is 0 Å². The van der Waals surface area contributed by atoms with Crippen molar-refractivity contribution in [3.05, 3.63) is 63.9 Å². The van der Waals surface area contributed by atoms with Crippen molar-refractivity contribution in [1.82, 2.24) is 9.55 Å². The quantitative estimate of drug-likeness (QED) is 0.396. The van der Waals surface area contributed by atoms with Crippen molar-refractivity contribution in [2.45, 2.75) is 17.3 Å². The summed E-state index contributed by atoms with van der Waals surface area (Å²) in [6, 6.07) is 14.1. The molecule has 0 saturated carbocycles. The average molecular weight is 375 g/mol. The van der Waals surface area contributed by atoms with Crippen molar-refractivity contribution >= 4 is 40.2 Å². The molecule has 128 valence electrons. The summed E-state index contributed by atoms with van der Waals surface area (Å²) in [5.74, 6) is -0.384. The Bertz CT molecular complexity index is 1000. The number of carbonyl (C=O) groups excluding carboxylic acids is 1. The molecule has 0 saturated heterocycles. The molecule has 5 nitrogen and oxygen atoms in total. The Balaban J connectivity index is 2.24. The number of hydrogen-bond acceptors (Lipinski definition) is 5. The molecule has 3 rings (SSSR count). The normalized spacial score (nSPS) is 12.1. The minimum atomic E-state index is -0.511. The predicted molar refractivity (Wildman–Crippen MR) is 99.7 cm³/mol. The molecule has 1 atom stereocenters. The van der Waals surface area contributed by atoms with Crippen LogP contribution >= 0.6 is 23.4 Å². The monoisotopic (exact) mass is 374 g/mol. The van der Waals surface area contributed by atoms with Crippen LogP contribution in [0.1, 0.15) is 6.92 Å². The van der Waals surface area contributed by atoms with E-state index < -0.39 is 5.25 Å². The van der Waals surface area contributed by atoms with Gasteiger partial charge in [-0.25, -0.2) is 4.98 Å². The van der Waals surface area contributed by atoms with Gasteiger partial charge in [0.2, 0.25) is 0 Å². The van der Waals surface area contributed by atoms with Gasteiger partial charge in [0.05, 0.1) is 23.7 Å². The first-order valence-electron chi connectivity index (χ1n) is 7.53. The van der Waals surface area contributed by atoms with Crippen molar-refractivity contribution in [1.29, 1.82) is 0 Å². The maximum absolute atomic E-state index is 13.0. The Morgan fingerprint density at radius 2 is 2.00 bits per heavy atom. The second kappa shape index (κ2) is 7.29. The number of ether oxygens (including phenoxy) is 1. The van der Waals surface area contributed by atoms with Crippen LogP contribution in [0.25, 0.3) is 16.6 Å². The summed E-state index contributed by atoms with van der Waals surface area (Å²) in [4.78, 5) is 29.4. The SMILES string of the molecule is COC(=O)C(C)Sc1nc2ccccc2c(=O)n1-c1cccc(Cl)c1. The first kappa shape index (κ1) is 17.5. The summed E-state index contributed by atoms with van der Waals surface area (Å²) >= 11 is 7.25. The van der Waals surface area contributed by atoms with Crippen LogP contribution in [0.3, 0.4) is 0 Å². The molecule has 0 aliphatic heterocycles. The average Bonchev–Trinajstić information content (AvgIpc) is 2.61. The van der Waals surface area contributed by atoms with Crippen LogP contribution in [0.15, 0.2) is 58.5 Å². The second-order valence-corrected chi connectivity index (χ2v) is 7.06. The zero-order chi connectivity index (χ0) is 18.0. The van der Waals surface area contributed by atoms with Crippen LogP contribution in [0.4, 0.5) is 0 Å². The van der Waals surface area contributed by atoms with Gasteiger partial charge in [-0.1, -0.05) is 41.6 Å². The topological polar surface area (TPSA) is 61.2 Å². The number of para-hydroxylation sites is 1. The van der Waals surface area contributed by atoms with E-state index in [1.807, 2.05) is 6.07 Å². The third-order valence-corrected chi connectivity index (χ3v) is 4.89. The van der Waals surface area contributed by atoms with Gasteiger partial charge in [0.15, 0.2) is 5.16 Å². The van der Waals surface area contributed by atoms with Gasteiger partial charge in [0.1, 0.15) is 5.25 Å². The summed E-state index contributed by atoms with van der Waals surface area (Å²) in [7, 11) is 1.33. The summed E-state index contributed by atoms with van der Waals surface area (Å²) in [6.45, 7) is 1.71. The van der Waals surface area contributed by atoms with Gasteiger partial charge in [0, 0.05) is 5.02 Å². The zero-order valence-electron chi connectivity index (χ0n) is 13.6. The second-order valence-electron chi connectivity index (χ2n) is 5.32. The number of aromatic nitrogens is 2. The van der Waals surface area contributed by atoms with E-state index in [2.05, 4.69) is 4.98 Å². The van der Waals surface area contributed by atoms with E-state index >= 15 is 0 Å². The van der Waals surface area contributed by atoms with Crippen molar-refractivity contribution in [2.24, 2.45) is 0 Å². The molecule has 25 heavy (non-hydrogen) atoms. The number of esters is 1. The van der Waals surface area contributed by atoms with Crippen LogP contribution in [0.2, 0.25) is 5.02 Å². The molecule has 0 fully saturated rings. The number of carbonyl (C=O) groups is 1. The number of methoxy groups -OCH3 is 1. The molecule has 2 aromatic carbocycles. The van der Waals surface area contributed by atoms with Gasteiger partial charge in [0.25, 0.3) is 5.56 Å². The van der Waals surface area contributed by atoms with E-state index in [1.54, 1.807) is 49.4 Å². The summed E-state index contributed by atoms with van der Waals surface area (Å²) in [5.41, 5.74) is 0.952. The maximum atomic E-state index is 13.0. The molecule has 1 heterocycles. The van der Waals surface area contributed by atoms with E-state index in [0.717, 1.165) is 0 Å². The molecule has 1 aromatic heterocycles. The number of halogens is 1. The van der Waals surface area contributed by atoms with Crippen molar-refractivity contribution in [3.8, 4) is 5.69 Å². The number of hydrogen-bond donors (Lipinski definition) is 0. The lowest BCUT2D eigenvalue weighted by molar-refractivity contribution is -0.139. The standard InChI is InChI=1S/C18H15ClN2O3S/c1-11(17(23)24-2)25-18-20-15-9-4-3-8-14(15)16(22)21(18)13-7-5-6-12(19)10-13/h3-11H,1-2H3. The van der Waals surface area contributed by atoms with E-state index in [-0.39, 0.29) is 11.5 Å². The Hall–Kier alpha value is -2.31. The van der Waals surface area contributed by atoms with Crippen LogP contribution in [-0.2, 0) is 9.53 Å². The van der Waals surface area contributed by atoms with Crippen molar-refractivity contribution in [2.75, 3.05) is 7.11 Å². The van der Waals surface area contributed by atoms with Gasteiger partial charge in [-0.3, -0.25) is 14.2 Å². The molecule has 0 spiro atoms. The number of thioether (sulfide) groups is 1. The molecule has 3 aromatic rings. The van der Waals surface area contributed by atoms with Crippen LogP contribution < -0.4 is 5.56 Å². The Morgan fingerprint density at radius 1 is 1.24 bits per heavy atom.